The predicted octanol–water partition coefficient (Wildman–Crippen LogP) is 4.63. The molecule has 1 aromatic carbocycles. The molecule has 0 unspecified atom stereocenters. The van der Waals surface area contributed by atoms with Crippen LogP contribution in [-0.4, -0.2) is 18.0 Å². The first-order chi connectivity index (χ1) is 9.82. The largest absolute Gasteiger partial charge is 0.366 e. The van der Waals surface area contributed by atoms with Crippen molar-refractivity contribution < 1.29 is 9.31 Å². The summed E-state index contributed by atoms with van der Waals surface area (Å²) >= 11 is 0. The second-order valence-electron chi connectivity index (χ2n) is 6.22. The van der Waals surface area contributed by atoms with Crippen LogP contribution in [-0.2, 0) is 0 Å². The van der Waals surface area contributed by atoms with Gasteiger partial charge in [-0.05, 0) is 36.8 Å². The van der Waals surface area contributed by atoms with Gasteiger partial charge in [0.25, 0.3) is 0 Å². The number of anilines is 1. The van der Waals surface area contributed by atoms with Crippen LogP contribution in [0.3, 0.4) is 0 Å². The Hall–Kier alpha value is -1.65. The Morgan fingerprint density at radius 1 is 1.14 bits per heavy atom. The van der Waals surface area contributed by atoms with Crippen molar-refractivity contribution in [1.29, 1.82) is 0 Å². The van der Waals surface area contributed by atoms with Crippen LogP contribution in [0.2, 0.25) is 0 Å². The van der Waals surface area contributed by atoms with E-state index in [2.05, 4.69) is 27.7 Å². The number of nitro benzene ring substituents is 1. The zero-order valence-corrected chi connectivity index (χ0v) is 13.3. The maximum absolute atomic E-state index is 13.8. The maximum atomic E-state index is 13.8. The van der Waals surface area contributed by atoms with Crippen molar-refractivity contribution in [1.82, 2.24) is 0 Å². The third kappa shape index (κ3) is 5.33. The molecule has 0 aliphatic rings. The lowest BCUT2D eigenvalue weighted by atomic mass is 10.1. The minimum atomic E-state index is -0.767. The first-order valence-corrected chi connectivity index (χ1v) is 7.50. The zero-order valence-electron chi connectivity index (χ0n) is 13.3. The average molecular weight is 296 g/mol. The molecule has 0 heterocycles. The fraction of sp³-hybridized carbons (Fsp3) is 0.625. The van der Waals surface area contributed by atoms with E-state index in [1.54, 1.807) is 6.07 Å². The summed E-state index contributed by atoms with van der Waals surface area (Å²) in [7, 11) is 0. The maximum Gasteiger partial charge on any atom is 0.327 e. The molecule has 0 N–H and O–H groups in total. The number of halogens is 1. The van der Waals surface area contributed by atoms with Crippen LogP contribution in [0.25, 0.3) is 0 Å². The summed E-state index contributed by atoms with van der Waals surface area (Å²) in [6.07, 6.45) is 1.84. The van der Waals surface area contributed by atoms with E-state index in [1.807, 2.05) is 4.90 Å². The van der Waals surface area contributed by atoms with Crippen LogP contribution in [0, 0.1) is 27.8 Å². The molecule has 0 radical (unpaired) electrons. The first-order valence-electron chi connectivity index (χ1n) is 7.50. The highest BCUT2D eigenvalue weighted by Gasteiger charge is 2.24. The predicted molar refractivity (Wildman–Crippen MR) is 84.2 cm³/mol. The molecule has 118 valence electrons. The fourth-order valence-electron chi connectivity index (χ4n) is 2.12. The summed E-state index contributed by atoms with van der Waals surface area (Å²) in [4.78, 5) is 12.5. The Kier molecular flexibility index (Phi) is 6.59. The number of nitro groups is 1. The number of nitrogens with zero attached hydrogens (tertiary/aromatic N) is 2. The smallest absolute Gasteiger partial charge is 0.327 e. The van der Waals surface area contributed by atoms with Crippen LogP contribution in [0.15, 0.2) is 18.2 Å². The van der Waals surface area contributed by atoms with Crippen LogP contribution >= 0.6 is 0 Å². The summed E-state index contributed by atoms with van der Waals surface area (Å²) in [6, 6.07) is 4.32. The number of hydrogen-bond donors (Lipinski definition) is 0. The van der Waals surface area contributed by atoms with Gasteiger partial charge < -0.3 is 4.90 Å². The van der Waals surface area contributed by atoms with Crippen molar-refractivity contribution in [2.75, 3.05) is 18.0 Å². The van der Waals surface area contributed by atoms with Gasteiger partial charge in [-0.3, -0.25) is 10.1 Å². The van der Waals surface area contributed by atoms with E-state index in [4.69, 9.17) is 0 Å². The van der Waals surface area contributed by atoms with Gasteiger partial charge in [0.2, 0.25) is 5.82 Å². The van der Waals surface area contributed by atoms with Crippen LogP contribution in [0.4, 0.5) is 15.8 Å². The highest BCUT2D eigenvalue weighted by atomic mass is 19.1. The van der Waals surface area contributed by atoms with E-state index in [-0.39, 0.29) is 0 Å². The Morgan fingerprint density at radius 2 is 1.67 bits per heavy atom. The molecule has 0 atom stereocenters. The number of para-hydroxylation sites is 1. The molecule has 1 aromatic rings. The van der Waals surface area contributed by atoms with E-state index >= 15 is 0 Å². The third-order valence-electron chi connectivity index (χ3n) is 3.44. The third-order valence-corrected chi connectivity index (χ3v) is 3.44. The van der Waals surface area contributed by atoms with E-state index in [9.17, 15) is 14.5 Å². The molecule has 5 heteroatoms. The van der Waals surface area contributed by atoms with E-state index in [1.165, 1.54) is 6.07 Å². The van der Waals surface area contributed by atoms with Crippen molar-refractivity contribution in [2.24, 2.45) is 11.8 Å². The minimum absolute atomic E-state index is 0.390. The average Bonchev–Trinajstić information content (AvgIpc) is 2.37. The normalized spacial score (nSPS) is 11.2. The van der Waals surface area contributed by atoms with Gasteiger partial charge in [0.15, 0.2) is 0 Å². The monoisotopic (exact) mass is 296 g/mol. The summed E-state index contributed by atoms with van der Waals surface area (Å²) in [5.41, 5.74) is -0.0219. The van der Waals surface area contributed by atoms with Gasteiger partial charge in [0, 0.05) is 13.1 Å². The second-order valence-corrected chi connectivity index (χ2v) is 6.22. The molecule has 0 saturated carbocycles. The lowest BCUT2D eigenvalue weighted by molar-refractivity contribution is -0.386. The van der Waals surface area contributed by atoms with Crippen LogP contribution in [0.1, 0.15) is 40.5 Å². The SMILES string of the molecule is CC(C)CCN(CCC(C)C)c1cccc(F)c1[N+](=O)[O-]. The van der Waals surface area contributed by atoms with E-state index < -0.39 is 16.4 Å². The molecule has 0 aliphatic heterocycles. The quantitative estimate of drug-likeness (QED) is 0.519. The molecule has 1 rings (SSSR count). The van der Waals surface area contributed by atoms with Gasteiger partial charge in [0.1, 0.15) is 5.69 Å². The van der Waals surface area contributed by atoms with Crippen molar-refractivity contribution in [2.45, 2.75) is 40.5 Å². The molecule has 0 spiro atoms. The van der Waals surface area contributed by atoms with Crippen molar-refractivity contribution in [3.8, 4) is 0 Å². The fourth-order valence-corrected chi connectivity index (χ4v) is 2.12. The van der Waals surface area contributed by atoms with E-state index in [0.29, 0.717) is 30.6 Å². The Bertz CT molecular complexity index is 463. The summed E-state index contributed by atoms with van der Waals surface area (Å²) in [6.45, 7) is 9.85. The molecular formula is C16H25FN2O2. The Labute approximate surface area is 126 Å². The van der Waals surface area contributed by atoms with Crippen molar-refractivity contribution in [3.05, 3.63) is 34.1 Å². The summed E-state index contributed by atoms with van der Waals surface area (Å²) < 4.78 is 13.8. The summed E-state index contributed by atoms with van der Waals surface area (Å²) in [5.74, 6) is 0.231. The molecule has 21 heavy (non-hydrogen) atoms. The first kappa shape index (κ1) is 17.4. The Morgan fingerprint density at radius 3 is 2.10 bits per heavy atom. The lowest BCUT2D eigenvalue weighted by Crippen LogP contribution is -2.28. The lowest BCUT2D eigenvalue weighted by Gasteiger charge is -2.26. The molecule has 0 aliphatic carbocycles. The minimum Gasteiger partial charge on any atom is -0.366 e. The molecule has 0 aromatic heterocycles. The number of hydrogen-bond acceptors (Lipinski definition) is 3. The van der Waals surface area contributed by atoms with Gasteiger partial charge >= 0.3 is 5.69 Å². The molecule has 0 bridgehead atoms. The van der Waals surface area contributed by atoms with Gasteiger partial charge in [-0.2, -0.15) is 4.39 Å². The standard InChI is InChI=1S/C16H25FN2O2/c1-12(2)8-10-18(11-9-13(3)4)15-7-5-6-14(17)16(15)19(20)21/h5-7,12-13H,8-11H2,1-4H3. The molecule has 0 amide bonds. The highest BCUT2D eigenvalue weighted by Crippen LogP contribution is 2.31. The van der Waals surface area contributed by atoms with Gasteiger partial charge in [-0.25, -0.2) is 0 Å². The van der Waals surface area contributed by atoms with Gasteiger partial charge in [-0.1, -0.05) is 33.8 Å². The van der Waals surface area contributed by atoms with Crippen molar-refractivity contribution in [3.63, 3.8) is 0 Å². The van der Waals surface area contributed by atoms with Crippen molar-refractivity contribution >= 4 is 11.4 Å². The van der Waals surface area contributed by atoms with Crippen LogP contribution < -0.4 is 4.90 Å². The number of rotatable bonds is 8. The van der Waals surface area contributed by atoms with E-state index in [0.717, 1.165) is 18.9 Å². The molecule has 0 saturated heterocycles. The number of benzene rings is 1. The highest BCUT2D eigenvalue weighted by molar-refractivity contribution is 5.63. The Balaban J connectivity index is 3.06. The van der Waals surface area contributed by atoms with Gasteiger partial charge in [0.05, 0.1) is 4.92 Å². The van der Waals surface area contributed by atoms with Crippen LogP contribution in [0.5, 0.6) is 0 Å². The zero-order chi connectivity index (χ0) is 16.0. The molecule has 0 fully saturated rings. The second kappa shape index (κ2) is 7.96. The topological polar surface area (TPSA) is 46.4 Å². The molecule has 4 nitrogen and oxygen atoms in total. The molecular weight excluding hydrogens is 271 g/mol. The van der Waals surface area contributed by atoms with Gasteiger partial charge in [-0.15, -0.1) is 0 Å². The summed E-state index contributed by atoms with van der Waals surface area (Å²) in [5, 5.41) is 11.2.